The Morgan fingerprint density at radius 1 is 1.05 bits per heavy atom. The zero-order chi connectivity index (χ0) is 15.5. The van der Waals surface area contributed by atoms with Crippen molar-refractivity contribution in [1.29, 1.82) is 0 Å². The van der Waals surface area contributed by atoms with Gasteiger partial charge in [0.25, 0.3) is 0 Å². The molecular formula is C19H32N2. The smallest absolute Gasteiger partial charge is 0.0507 e. The number of hydrogen-bond acceptors (Lipinski definition) is 2. The molecule has 0 saturated heterocycles. The molecule has 1 atom stereocenters. The van der Waals surface area contributed by atoms with Crippen LogP contribution in [-0.4, -0.2) is 31.6 Å². The molecule has 1 fully saturated rings. The number of nitrogens with one attached hydrogen (secondary N) is 1. The van der Waals surface area contributed by atoms with Crippen LogP contribution in [0, 0.1) is 13.8 Å². The minimum absolute atomic E-state index is 0.241. The van der Waals surface area contributed by atoms with Gasteiger partial charge in [-0.3, -0.25) is 0 Å². The third-order valence-corrected chi connectivity index (χ3v) is 5.42. The third kappa shape index (κ3) is 3.32. The standard InChI is InChI=1S/C19H32N2/c1-15-10-11-17(16(2)14-15)18(20-3)19(21(4)5)12-8-6-7-9-13-19/h10-11,14,18,20H,6-9,12-13H2,1-5H3. The quantitative estimate of drug-likeness (QED) is 0.835. The van der Waals surface area contributed by atoms with Crippen LogP contribution in [0.2, 0.25) is 0 Å². The third-order valence-electron chi connectivity index (χ3n) is 5.42. The summed E-state index contributed by atoms with van der Waals surface area (Å²) in [6.07, 6.45) is 8.05. The van der Waals surface area contributed by atoms with E-state index in [0.717, 1.165) is 0 Å². The highest BCUT2D eigenvalue weighted by atomic mass is 15.2. The maximum absolute atomic E-state index is 3.66. The molecule has 2 rings (SSSR count). The topological polar surface area (TPSA) is 15.3 Å². The average molecular weight is 288 g/mol. The molecule has 2 nitrogen and oxygen atoms in total. The number of benzene rings is 1. The van der Waals surface area contributed by atoms with E-state index in [1.165, 1.54) is 55.2 Å². The summed E-state index contributed by atoms with van der Waals surface area (Å²) in [6, 6.07) is 7.32. The van der Waals surface area contributed by atoms with Crippen molar-refractivity contribution in [2.24, 2.45) is 0 Å². The minimum atomic E-state index is 0.241. The summed E-state index contributed by atoms with van der Waals surface area (Å²) in [7, 11) is 6.65. The maximum Gasteiger partial charge on any atom is 0.0507 e. The lowest BCUT2D eigenvalue weighted by atomic mass is 9.77. The monoisotopic (exact) mass is 288 g/mol. The molecule has 0 radical (unpaired) electrons. The molecule has 1 saturated carbocycles. The van der Waals surface area contributed by atoms with Crippen molar-refractivity contribution in [3.8, 4) is 0 Å². The first-order valence-corrected chi connectivity index (χ1v) is 8.43. The number of likely N-dealkylation sites (N-methyl/N-ethyl adjacent to an activating group) is 2. The van der Waals surface area contributed by atoms with Gasteiger partial charge in [0.15, 0.2) is 0 Å². The average Bonchev–Trinajstić information content (AvgIpc) is 2.69. The van der Waals surface area contributed by atoms with Crippen molar-refractivity contribution < 1.29 is 0 Å². The Bertz CT molecular complexity index is 457. The van der Waals surface area contributed by atoms with Gasteiger partial charge >= 0.3 is 0 Å². The van der Waals surface area contributed by atoms with Gasteiger partial charge in [0.05, 0.1) is 6.04 Å². The Labute approximate surface area is 130 Å². The van der Waals surface area contributed by atoms with Crippen LogP contribution in [-0.2, 0) is 0 Å². The summed E-state index contributed by atoms with van der Waals surface area (Å²) in [4.78, 5) is 2.48. The molecule has 1 N–H and O–H groups in total. The zero-order valence-electron chi connectivity index (χ0n) is 14.5. The molecular weight excluding hydrogens is 256 g/mol. The van der Waals surface area contributed by atoms with Gasteiger partial charge in [-0.2, -0.15) is 0 Å². The van der Waals surface area contributed by atoms with Gasteiger partial charge in [-0.15, -0.1) is 0 Å². The van der Waals surface area contributed by atoms with Gasteiger partial charge in [-0.25, -0.2) is 0 Å². The lowest BCUT2D eigenvalue weighted by molar-refractivity contribution is 0.0832. The van der Waals surface area contributed by atoms with Crippen LogP contribution in [0.25, 0.3) is 0 Å². The number of hydrogen-bond donors (Lipinski definition) is 1. The lowest BCUT2D eigenvalue weighted by Gasteiger charge is -2.46. The molecule has 0 heterocycles. The fraction of sp³-hybridized carbons (Fsp3) is 0.684. The molecule has 2 heteroatoms. The SMILES string of the molecule is CNC(c1ccc(C)cc1C)C1(N(C)C)CCCCCC1. The zero-order valence-corrected chi connectivity index (χ0v) is 14.5. The Kier molecular flexibility index (Phi) is 5.45. The molecule has 21 heavy (non-hydrogen) atoms. The molecule has 0 amide bonds. The van der Waals surface area contributed by atoms with Gasteiger partial charge < -0.3 is 10.2 Å². The van der Waals surface area contributed by atoms with Crippen LogP contribution in [0.4, 0.5) is 0 Å². The molecule has 0 aromatic heterocycles. The van der Waals surface area contributed by atoms with E-state index in [-0.39, 0.29) is 5.54 Å². The van der Waals surface area contributed by atoms with Crippen LogP contribution < -0.4 is 5.32 Å². The van der Waals surface area contributed by atoms with E-state index in [1.54, 1.807) is 0 Å². The number of rotatable bonds is 4. The second-order valence-corrected chi connectivity index (χ2v) is 6.99. The molecule has 1 aromatic carbocycles. The molecule has 0 bridgehead atoms. The van der Waals surface area contributed by atoms with Crippen LogP contribution >= 0.6 is 0 Å². The van der Waals surface area contributed by atoms with Crippen molar-refractivity contribution in [2.75, 3.05) is 21.1 Å². The van der Waals surface area contributed by atoms with Gasteiger partial charge in [-0.1, -0.05) is 49.4 Å². The summed E-state index contributed by atoms with van der Waals surface area (Å²) in [6.45, 7) is 4.44. The van der Waals surface area contributed by atoms with Crippen LogP contribution in [0.1, 0.15) is 61.3 Å². The Morgan fingerprint density at radius 2 is 1.67 bits per heavy atom. The molecule has 1 unspecified atom stereocenters. The molecule has 0 spiro atoms. The normalized spacial score (nSPS) is 20.3. The molecule has 1 aromatic rings. The summed E-state index contributed by atoms with van der Waals surface area (Å²) >= 11 is 0. The molecule has 1 aliphatic carbocycles. The van der Waals surface area contributed by atoms with Crippen LogP contribution in [0.3, 0.4) is 0 Å². The second-order valence-electron chi connectivity index (χ2n) is 6.99. The molecule has 1 aliphatic rings. The summed E-state index contributed by atoms with van der Waals surface area (Å²) in [5.41, 5.74) is 4.48. The fourth-order valence-corrected chi connectivity index (χ4v) is 4.20. The molecule has 118 valence electrons. The number of aryl methyl sites for hydroxylation is 2. The van der Waals surface area contributed by atoms with Crippen LogP contribution in [0.15, 0.2) is 18.2 Å². The highest BCUT2D eigenvalue weighted by Crippen LogP contribution is 2.41. The van der Waals surface area contributed by atoms with E-state index in [1.807, 2.05) is 0 Å². The van der Waals surface area contributed by atoms with Gasteiger partial charge in [0.1, 0.15) is 0 Å². The van der Waals surface area contributed by atoms with Crippen molar-refractivity contribution in [1.82, 2.24) is 10.2 Å². The largest absolute Gasteiger partial charge is 0.311 e. The Balaban J connectivity index is 2.44. The van der Waals surface area contributed by atoms with E-state index in [0.29, 0.717) is 6.04 Å². The Hall–Kier alpha value is -0.860. The fourth-order valence-electron chi connectivity index (χ4n) is 4.20. The van der Waals surface area contributed by atoms with E-state index < -0.39 is 0 Å². The van der Waals surface area contributed by atoms with E-state index in [9.17, 15) is 0 Å². The first kappa shape index (κ1) is 16.5. The summed E-state index contributed by atoms with van der Waals surface area (Å²) in [5, 5.41) is 3.66. The van der Waals surface area contributed by atoms with E-state index in [2.05, 4.69) is 63.4 Å². The highest BCUT2D eigenvalue weighted by Gasteiger charge is 2.41. The van der Waals surface area contributed by atoms with Gasteiger partial charge in [0.2, 0.25) is 0 Å². The van der Waals surface area contributed by atoms with Gasteiger partial charge in [-0.05, 0) is 59.0 Å². The van der Waals surface area contributed by atoms with Crippen molar-refractivity contribution in [3.05, 3.63) is 34.9 Å². The van der Waals surface area contributed by atoms with E-state index >= 15 is 0 Å². The number of nitrogens with zero attached hydrogens (tertiary/aromatic N) is 1. The lowest BCUT2D eigenvalue weighted by Crippen LogP contribution is -2.53. The minimum Gasteiger partial charge on any atom is -0.311 e. The van der Waals surface area contributed by atoms with E-state index in [4.69, 9.17) is 0 Å². The predicted molar refractivity (Wildman–Crippen MR) is 91.8 cm³/mol. The summed E-state index contributed by atoms with van der Waals surface area (Å²) < 4.78 is 0. The molecule has 0 aliphatic heterocycles. The van der Waals surface area contributed by atoms with Crippen molar-refractivity contribution in [2.45, 2.75) is 64.0 Å². The highest BCUT2D eigenvalue weighted by molar-refractivity contribution is 5.35. The van der Waals surface area contributed by atoms with Gasteiger partial charge in [0, 0.05) is 5.54 Å². The predicted octanol–water partition coefficient (Wildman–Crippen LogP) is 4.22. The Morgan fingerprint density at radius 3 is 2.14 bits per heavy atom. The first-order chi connectivity index (χ1) is 10.0. The summed E-state index contributed by atoms with van der Waals surface area (Å²) in [5.74, 6) is 0. The van der Waals surface area contributed by atoms with Crippen LogP contribution in [0.5, 0.6) is 0 Å². The van der Waals surface area contributed by atoms with Crippen molar-refractivity contribution >= 4 is 0 Å². The first-order valence-electron chi connectivity index (χ1n) is 8.43. The maximum atomic E-state index is 3.66. The second kappa shape index (κ2) is 6.93. The van der Waals surface area contributed by atoms with Crippen molar-refractivity contribution in [3.63, 3.8) is 0 Å².